The second kappa shape index (κ2) is 10.00. The number of carbonyl (C=O) groups is 1. The molecule has 0 aliphatic carbocycles. The zero-order valence-corrected chi connectivity index (χ0v) is 19.9. The Morgan fingerprint density at radius 1 is 0.882 bits per heavy atom. The summed E-state index contributed by atoms with van der Waals surface area (Å²) in [5.41, 5.74) is 1.39. The van der Waals surface area contributed by atoms with E-state index in [0.29, 0.717) is 13.0 Å². The zero-order chi connectivity index (χ0) is 24.2. The van der Waals surface area contributed by atoms with Gasteiger partial charge in [-0.3, -0.25) is 9.69 Å². The van der Waals surface area contributed by atoms with Crippen LogP contribution in [0.5, 0.6) is 5.75 Å². The van der Waals surface area contributed by atoms with Crippen molar-refractivity contribution in [1.29, 1.82) is 0 Å². The number of phenolic OH excluding ortho intramolecular Hbond substituents is 1. The van der Waals surface area contributed by atoms with Crippen molar-refractivity contribution >= 4 is 5.97 Å². The van der Waals surface area contributed by atoms with Crippen LogP contribution in [0.1, 0.15) is 43.4 Å². The maximum atomic E-state index is 12.8. The molecule has 34 heavy (non-hydrogen) atoms. The summed E-state index contributed by atoms with van der Waals surface area (Å²) in [6.45, 7) is 6.53. The van der Waals surface area contributed by atoms with Gasteiger partial charge in [0.25, 0.3) is 0 Å². The number of likely N-dealkylation sites (tertiary alicyclic amines) is 1. The van der Waals surface area contributed by atoms with Crippen LogP contribution >= 0.6 is 0 Å². The Morgan fingerprint density at radius 2 is 1.41 bits per heavy atom. The van der Waals surface area contributed by atoms with Crippen molar-refractivity contribution in [3.63, 3.8) is 0 Å². The lowest BCUT2D eigenvalue weighted by Gasteiger charge is -2.50. The van der Waals surface area contributed by atoms with E-state index in [9.17, 15) is 15.0 Å². The maximum absolute atomic E-state index is 12.8. The molecule has 178 valence electrons. The van der Waals surface area contributed by atoms with Gasteiger partial charge in [0.1, 0.15) is 11.2 Å². The topological polar surface area (TPSA) is 70.0 Å². The van der Waals surface area contributed by atoms with Gasteiger partial charge in [-0.1, -0.05) is 72.8 Å². The fraction of sp³-hybridized carbons (Fsp3) is 0.345. The van der Waals surface area contributed by atoms with Crippen LogP contribution in [0.25, 0.3) is 0 Å². The van der Waals surface area contributed by atoms with Crippen LogP contribution in [0.15, 0.2) is 84.9 Å². The Labute approximate surface area is 201 Å². The molecule has 0 unspecified atom stereocenters. The summed E-state index contributed by atoms with van der Waals surface area (Å²) in [5, 5.41) is 19.9. The van der Waals surface area contributed by atoms with Crippen molar-refractivity contribution in [2.45, 2.75) is 50.4 Å². The average molecular weight is 460 g/mol. The first kappa shape index (κ1) is 24.0. The van der Waals surface area contributed by atoms with E-state index in [1.807, 2.05) is 72.8 Å². The molecule has 0 bridgehead atoms. The maximum Gasteiger partial charge on any atom is 0.318 e. The number of hydrogen-bond acceptors (Lipinski definition) is 4. The molecule has 5 nitrogen and oxygen atoms in total. The van der Waals surface area contributed by atoms with E-state index < -0.39 is 11.4 Å². The largest absolute Gasteiger partial charge is 0.508 e. The molecule has 5 heteroatoms. The Hall–Kier alpha value is -3.15. The second-order valence-corrected chi connectivity index (χ2v) is 9.76. The van der Waals surface area contributed by atoms with Gasteiger partial charge in [-0.05, 0) is 55.5 Å². The number of carboxylic acid groups (broad SMARTS) is 1. The highest BCUT2D eigenvalue weighted by Gasteiger charge is 2.45. The number of rotatable bonds is 10. The number of nitrogens with zero attached hydrogens (tertiary/aromatic N) is 1. The molecular formula is C29H33NO4. The van der Waals surface area contributed by atoms with Crippen LogP contribution in [-0.4, -0.2) is 45.8 Å². The Balaban J connectivity index is 1.43. The number of aliphatic carboxylic acids is 1. The number of carboxylic acids is 1. The highest BCUT2D eigenvalue weighted by molar-refractivity contribution is 5.86. The molecule has 0 aromatic heterocycles. The molecule has 1 fully saturated rings. The third-order valence-electron chi connectivity index (χ3n) is 7.14. The van der Waals surface area contributed by atoms with E-state index in [-0.39, 0.29) is 17.4 Å². The number of aromatic hydroxyl groups is 1. The van der Waals surface area contributed by atoms with E-state index in [1.54, 1.807) is 12.1 Å². The SMILES string of the molecule is CC(C)(CCC(C(=O)O)(c1ccccc1)c1ccccc1)N1CC(OCc2ccc(O)cc2)C1. The Morgan fingerprint density at radius 3 is 1.91 bits per heavy atom. The van der Waals surface area contributed by atoms with E-state index in [2.05, 4.69) is 18.7 Å². The monoisotopic (exact) mass is 459 g/mol. The normalized spacial score (nSPS) is 15.1. The standard InChI is InChI=1S/C29H33NO4/c1-28(2,30-19-26(20-30)34-21-22-13-15-25(31)16-14-22)17-18-29(27(32)33,23-9-5-3-6-10-23)24-11-7-4-8-12-24/h3-16,26,31H,17-21H2,1-2H3,(H,32,33). The van der Waals surface area contributed by atoms with Gasteiger partial charge in [-0.15, -0.1) is 0 Å². The first-order valence-electron chi connectivity index (χ1n) is 11.8. The molecule has 2 N–H and O–H groups in total. The van der Waals surface area contributed by atoms with Crippen LogP contribution < -0.4 is 0 Å². The van der Waals surface area contributed by atoms with Gasteiger partial charge in [-0.2, -0.15) is 0 Å². The minimum Gasteiger partial charge on any atom is -0.508 e. The molecule has 4 rings (SSSR count). The van der Waals surface area contributed by atoms with Crippen molar-refractivity contribution in [3.05, 3.63) is 102 Å². The zero-order valence-electron chi connectivity index (χ0n) is 19.9. The summed E-state index contributed by atoms with van der Waals surface area (Å²) in [7, 11) is 0. The van der Waals surface area contributed by atoms with Crippen LogP contribution in [0, 0.1) is 0 Å². The van der Waals surface area contributed by atoms with Gasteiger partial charge < -0.3 is 14.9 Å². The number of ether oxygens (including phenoxy) is 1. The minimum atomic E-state index is -1.10. The van der Waals surface area contributed by atoms with Crippen molar-refractivity contribution in [3.8, 4) is 5.75 Å². The molecule has 1 aliphatic heterocycles. The Bertz CT molecular complexity index is 1030. The van der Waals surface area contributed by atoms with Gasteiger partial charge in [0.15, 0.2) is 0 Å². The van der Waals surface area contributed by atoms with Crippen molar-refractivity contribution in [1.82, 2.24) is 4.90 Å². The lowest BCUT2D eigenvalue weighted by Crippen LogP contribution is -2.61. The average Bonchev–Trinajstić information content (AvgIpc) is 2.81. The van der Waals surface area contributed by atoms with Gasteiger partial charge in [0, 0.05) is 18.6 Å². The van der Waals surface area contributed by atoms with Gasteiger partial charge in [0.05, 0.1) is 12.7 Å². The Kier molecular flexibility index (Phi) is 7.05. The van der Waals surface area contributed by atoms with E-state index in [0.717, 1.165) is 36.2 Å². The van der Waals surface area contributed by atoms with Crippen LogP contribution in [0.2, 0.25) is 0 Å². The molecule has 1 saturated heterocycles. The summed E-state index contributed by atoms with van der Waals surface area (Å²) in [6, 6.07) is 26.2. The summed E-state index contributed by atoms with van der Waals surface area (Å²) in [4.78, 5) is 15.2. The lowest BCUT2D eigenvalue weighted by atomic mass is 9.69. The first-order valence-corrected chi connectivity index (χ1v) is 11.8. The molecule has 3 aromatic carbocycles. The smallest absolute Gasteiger partial charge is 0.318 e. The fourth-order valence-electron chi connectivity index (χ4n) is 4.75. The molecule has 0 amide bonds. The molecule has 0 saturated carbocycles. The van der Waals surface area contributed by atoms with Crippen LogP contribution in [0.4, 0.5) is 0 Å². The summed E-state index contributed by atoms with van der Waals surface area (Å²) >= 11 is 0. The molecule has 0 atom stereocenters. The van der Waals surface area contributed by atoms with E-state index in [1.165, 1.54) is 0 Å². The van der Waals surface area contributed by atoms with Gasteiger partial charge in [-0.25, -0.2) is 0 Å². The first-order chi connectivity index (χ1) is 16.3. The fourth-order valence-corrected chi connectivity index (χ4v) is 4.75. The third-order valence-corrected chi connectivity index (χ3v) is 7.14. The molecule has 0 spiro atoms. The van der Waals surface area contributed by atoms with Crippen LogP contribution in [-0.2, 0) is 21.6 Å². The number of benzene rings is 3. The predicted molar refractivity (Wildman–Crippen MR) is 133 cm³/mol. The molecule has 3 aromatic rings. The second-order valence-electron chi connectivity index (χ2n) is 9.76. The highest BCUT2D eigenvalue weighted by atomic mass is 16.5. The van der Waals surface area contributed by atoms with Crippen LogP contribution in [0.3, 0.4) is 0 Å². The van der Waals surface area contributed by atoms with Gasteiger partial charge >= 0.3 is 5.97 Å². The molecule has 0 radical (unpaired) electrons. The van der Waals surface area contributed by atoms with Gasteiger partial charge in [0.2, 0.25) is 0 Å². The third kappa shape index (κ3) is 5.01. The van der Waals surface area contributed by atoms with Crippen molar-refractivity contribution < 1.29 is 19.7 Å². The molecule has 1 aliphatic rings. The minimum absolute atomic E-state index is 0.153. The summed E-state index contributed by atoms with van der Waals surface area (Å²) in [5.74, 6) is -0.567. The molecule has 1 heterocycles. The van der Waals surface area contributed by atoms with Crippen molar-refractivity contribution in [2.75, 3.05) is 13.1 Å². The number of hydrogen-bond donors (Lipinski definition) is 2. The summed E-state index contributed by atoms with van der Waals surface area (Å²) < 4.78 is 6.03. The quantitative estimate of drug-likeness (QED) is 0.435. The molecular weight excluding hydrogens is 426 g/mol. The van der Waals surface area contributed by atoms with E-state index >= 15 is 0 Å². The van der Waals surface area contributed by atoms with E-state index in [4.69, 9.17) is 4.74 Å². The highest BCUT2D eigenvalue weighted by Crippen LogP contribution is 2.40. The summed E-state index contributed by atoms with van der Waals surface area (Å²) in [6.07, 6.45) is 1.38. The van der Waals surface area contributed by atoms with Crippen molar-refractivity contribution in [2.24, 2.45) is 0 Å². The lowest BCUT2D eigenvalue weighted by molar-refractivity contribution is -0.143. The predicted octanol–water partition coefficient (Wildman–Crippen LogP) is 5.22. The number of phenols is 1.